The molecule has 1 amide bonds. The first kappa shape index (κ1) is 8.82. The molecule has 0 radical (unpaired) electrons. The van der Waals surface area contributed by atoms with Crippen molar-refractivity contribution in [1.29, 1.82) is 0 Å². The highest BCUT2D eigenvalue weighted by Crippen LogP contribution is 1.79. The van der Waals surface area contributed by atoms with Gasteiger partial charge >= 0.3 is 11.9 Å². The third-order valence-corrected chi connectivity index (χ3v) is 0.739. The fourth-order valence-corrected chi connectivity index (χ4v) is 0.246. The smallest absolute Gasteiger partial charge is 0.396 e. The van der Waals surface area contributed by atoms with Crippen molar-refractivity contribution in [3.8, 4) is 0 Å². The summed E-state index contributed by atoms with van der Waals surface area (Å²) in [7, 11) is 0. The minimum absolute atomic E-state index is 0.225. The average Bonchev–Trinajstić information content (AvgIpc) is 1.84. The van der Waals surface area contributed by atoms with Gasteiger partial charge < -0.3 is 5.11 Å². The van der Waals surface area contributed by atoms with Gasteiger partial charge in [0.05, 0.1) is 0 Å². The summed E-state index contributed by atoms with van der Waals surface area (Å²) in [5, 5.41) is 8.24. The van der Waals surface area contributed by atoms with E-state index in [9.17, 15) is 9.59 Å². The number of amides is 1. The van der Waals surface area contributed by atoms with Gasteiger partial charge in [0.1, 0.15) is 6.29 Å². The van der Waals surface area contributed by atoms with Gasteiger partial charge in [0.15, 0.2) is 0 Å². The van der Waals surface area contributed by atoms with Crippen molar-refractivity contribution in [1.82, 2.24) is 5.01 Å². The molecule has 0 aliphatic heterocycles. The Kier molecular flexibility index (Phi) is 2.74. The highest BCUT2D eigenvalue weighted by molar-refractivity contribution is 6.31. The molecule has 0 aromatic rings. The lowest BCUT2D eigenvalue weighted by atomic mass is 10.6. The second-order valence-electron chi connectivity index (χ2n) is 1.51. The van der Waals surface area contributed by atoms with Crippen molar-refractivity contribution in [2.24, 2.45) is 17.3 Å². The van der Waals surface area contributed by atoms with Crippen LogP contribution in [0.2, 0.25) is 0 Å². The van der Waals surface area contributed by atoms with Crippen LogP contribution in [-0.2, 0) is 9.59 Å². The molecule has 0 bridgehead atoms. The lowest BCUT2D eigenvalue weighted by molar-refractivity contribution is -0.157. The summed E-state index contributed by atoms with van der Waals surface area (Å²) in [6.07, 6.45) is -1.29. The fraction of sp³-hybridized carbons (Fsp3) is 0.333. The number of carboxylic acid groups (broad SMARTS) is 1. The second kappa shape index (κ2) is 3.11. The number of carboxylic acids is 1. The number of aliphatic carboxylic acids is 1. The van der Waals surface area contributed by atoms with Gasteiger partial charge in [0, 0.05) is 0 Å². The standard InChI is InChI=1S/C3H8N4O3/c4-3(5)7(6)1(8)2(9)10/h3H,4-6H2,(H,9,10). The van der Waals surface area contributed by atoms with E-state index < -0.39 is 18.2 Å². The first-order valence-corrected chi connectivity index (χ1v) is 2.29. The summed E-state index contributed by atoms with van der Waals surface area (Å²) in [6, 6.07) is 0. The van der Waals surface area contributed by atoms with E-state index in [1.54, 1.807) is 0 Å². The van der Waals surface area contributed by atoms with Gasteiger partial charge in [-0.05, 0) is 0 Å². The normalized spacial score (nSPS) is 9.60. The quantitative estimate of drug-likeness (QED) is 0.103. The summed E-state index contributed by atoms with van der Waals surface area (Å²) in [4.78, 5) is 20.2. The van der Waals surface area contributed by atoms with Crippen LogP contribution < -0.4 is 17.3 Å². The number of rotatable bonds is 1. The molecule has 0 aromatic carbocycles. The predicted molar refractivity (Wildman–Crippen MR) is 30.8 cm³/mol. The van der Waals surface area contributed by atoms with Gasteiger partial charge in [-0.15, -0.1) is 0 Å². The largest absolute Gasteiger partial charge is 0.474 e. The van der Waals surface area contributed by atoms with Crippen LogP contribution in [0.15, 0.2) is 0 Å². The Bertz CT molecular complexity index is 156. The summed E-state index contributed by atoms with van der Waals surface area (Å²) >= 11 is 0. The summed E-state index contributed by atoms with van der Waals surface area (Å²) in [5.74, 6) is 1.78. The highest BCUT2D eigenvalue weighted by Gasteiger charge is 2.20. The minimum Gasteiger partial charge on any atom is -0.474 e. The zero-order valence-corrected chi connectivity index (χ0v) is 5.02. The summed E-state index contributed by atoms with van der Waals surface area (Å²) < 4.78 is 0. The Morgan fingerprint density at radius 2 is 1.80 bits per heavy atom. The lowest BCUT2D eigenvalue weighted by Crippen LogP contribution is -2.57. The number of hydrazine groups is 1. The van der Waals surface area contributed by atoms with E-state index >= 15 is 0 Å². The number of hydrogen-bond acceptors (Lipinski definition) is 5. The predicted octanol–water partition coefficient (Wildman–Crippen LogP) is -3.03. The van der Waals surface area contributed by atoms with Crippen molar-refractivity contribution >= 4 is 11.9 Å². The molecule has 0 aliphatic rings. The van der Waals surface area contributed by atoms with E-state index in [0.717, 1.165) is 0 Å². The number of nitrogens with zero attached hydrogens (tertiary/aromatic N) is 1. The maximum absolute atomic E-state index is 10.3. The monoisotopic (exact) mass is 148 g/mol. The number of carbonyl (C=O) groups is 2. The Morgan fingerprint density at radius 1 is 1.40 bits per heavy atom. The zero-order valence-electron chi connectivity index (χ0n) is 5.02. The molecule has 0 spiro atoms. The molecule has 7 nitrogen and oxygen atoms in total. The molecule has 0 heterocycles. The van der Waals surface area contributed by atoms with Gasteiger partial charge in [-0.25, -0.2) is 15.6 Å². The number of hydrogen-bond donors (Lipinski definition) is 4. The molecule has 0 rings (SSSR count). The summed E-state index contributed by atoms with van der Waals surface area (Å²) in [6.45, 7) is 0. The van der Waals surface area contributed by atoms with E-state index in [1.807, 2.05) is 0 Å². The Hall–Kier alpha value is -1.18. The molecule has 7 N–H and O–H groups in total. The average molecular weight is 148 g/mol. The topological polar surface area (TPSA) is 136 Å². The number of nitrogens with two attached hydrogens (primary N) is 3. The Morgan fingerprint density at radius 3 is 1.90 bits per heavy atom. The molecule has 7 heteroatoms. The first-order chi connectivity index (χ1) is 4.46. The van der Waals surface area contributed by atoms with E-state index in [2.05, 4.69) is 0 Å². The van der Waals surface area contributed by atoms with Gasteiger partial charge in [0.2, 0.25) is 0 Å². The van der Waals surface area contributed by atoms with Crippen LogP contribution in [0.5, 0.6) is 0 Å². The van der Waals surface area contributed by atoms with Crippen molar-refractivity contribution in [3.63, 3.8) is 0 Å². The number of carbonyl (C=O) groups excluding carboxylic acids is 1. The molecule has 0 saturated heterocycles. The van der Waals surface area contributed by atoms with Gasteiger partial charge in [-0.1, -0.05) is 0 Å². The first-order valence-electron chi connectivity index (χ1n) is 2.29. The third-order valence-electron chi connectivity index (χ3n) is 0.739. The molecule has 58 valence electrons. The molecule has 0 atom stereocenters. The second-order valence-corrected chi connectivity index (χ2v) is 1.51. The Balaban J connectivity index is 4.08. The maximum atomic E-state index is 10.3. The molecule has 0 unspecified atom stereocenters. The SMILES string of the molecule is NC(N)N(N)C(=O)C(=O)O. The molecule has 0 aromatic heterocycles. The van der Waals surface area contributed by atoms with Crippen LogP contribution in [0, 0.1) is 0 Å². The highest BCUT2D eigenvalue weighted by atomic mass is 16.4. The van der Waals surface area contributed by atoms with Crippen molar-refractivity contribution < 1.29 is 14.7 Å². The minimum atomic E-state index is -1.69. The van der Waals surface area contributed by atoms with Gasteiger partial charge in [-0.2, -0.15) is 0 Å². The van der Waals surface area contributed by atoms with Crippen LogP contribution in [0.4, 0.5) is 0 Å². The summed E-state index contributed by atoms with van der Waals surface area (Å²) in [5.41, 5.74) is 9.74. The van der Waals surface area contributed by atoms with Crippen molar-refractivity contribution in [2.75, 3.05) is 0 Å². The van der Waals surface area contributed by atoms with Crippen LogP contribution in [0.3, 0.4) is 0 Å². The maximum Gasteiger partial charge on any atom is 0.396 e. The van der Waals surface area contributed by atoms with Crippen LogP contribution >= 0.6 is 0 Å². The van der Waals surface area contributed by atoms with Crippen molar-refractivity contribution in [2.45, 2.75) is 6.29 Å². The lowest BCUT2D eigenvalue weighted by Gasteiger charge is -2.16. The third kappa shape index (κ3) is 1.97. The molecule has 10 heavy (non-hydrogen) atoms. The van der Waals surface area contributed by atoms with Crippen molar-refractivity contribution in [3.05, 3.63) is 0 Å². The molecular weight excluding hydrogens is 140 g/mol. The molecule has 0 fully saturated rings. The van der Waals surface area contributed by atoms with E-state index in [-0.39, 0.29) is 5.01 Å². The molecule has 0 aliphatic carbocycles. The fourth-order valence-electron chi connectivity index (χ4n) is 0.246. The molecular formula is C3H8N4O3. The Labute approximate surface area is 56.3 Å². The van der Waals surface area contributed by atoms with E-state index in [0.29, 0.717) is 0 Å². The van der Waals surface area contributed by atoms with Crippen LogP contribution in [0.25, 0.3) is 0 Å². The van der Waals surface area contributed by atoms with Gasteiger partial charge in [-0.3, -0.25) is 16.3 Å². The zero-order chi connectivity index (χ0) is 8.31. The van der Waals surface area contributed by atoms with E-state index in [1.165, 1.54) is 0 Å². The van der Waals surface area contributed by atoms with E-state index in [4.69, 9.17) is 22.4 Å². The van der Waals surface area contributed by atoms with Gasteiger partial charge in [0.25, 0.3) is 0 Å². The molecule has 0 saturated carbocycles. The van der Waals surface area contributed by atoms with Crippen LogP contribution in [0.1, 0.15) is 0 Å². The van der Waals surface area contributed by atoms with Crippen LogP contribution in [-0.4, -0.2) is 28.3 Å².